The van der Waals surface area contributed by atoms with Crippen molar-refractivity contribution in [1.29, 1.82) is 0 Å². The molecule has 0 bridgehead atoms. The van der Waals surface area contributed by atoms with Crippen LogP contribution in [0.5, 0.6) is 0 Å². The van der Waals surface area contributed by atoms with Crippen molar-refractivity contribution in [2.75, 3.05) is 6.54 Å². The molecular weight excluding hydrogens is 304 g/mol. The van der Waals surface area contributed by atoms with Crippen molar-refractivity contribution in [3.05, 3.63) is 70.4 Å². The normalized spacial score (nSPS) is 17.3. The molecule has 0 saturated carbocycles. The minimum absolute atomic E-state index is 0.0498. The maximum atomic E-state index is 13.1. The first kappa shape index (κ1) is 14.6. The Morgan fingerprint density at radius 1 is 1.12 bits per heavy atom. The molecule has 1 fully saturated rings. The van der Waals surface area contributed by atoms with Crippen LogP contribution >= 0.6 is 0 Å². The molecule has 1 unspecified atom stereocenters. The molecular formula is C18H16N4O2. The molecule has 1 aromatic carbocycles. The predicted molar refractivity (Wildman–Crippen MR) is 89.6 cm³/mol. The van der Waals surface area contributed by atoms with Crippen molar-refractivity contribution < 1.29 is 4.79 Å². The lowest BCUT2D eigenvalue weighted by molar-refractivity contribution is 0.0728. The van der Waals surface area contributed by atoms with E-state index in [4.69, 9.17) is 0 Å². The van der Waals surface area contributed by atoms with E-state index in [1.54, 1.807) is 35.4 Å². The number of amides is 1. The number of H-pyrrole nitrogens is 1. The van der Waals surface area contributed by atoms with E-state index in [0.717, 1.165) is 18.5 Å². The Labute approximate surface area is 138 Å². The van der Waals surface area contributed by atoms with Gasteiger partial charge in [-0.3, -0.25) is 14.6 Å². The summed E-state index contributed by atoms with van der Waals surface area (Å²) in [6, 6.07) is 12.7. The fraction of sp³-hybridized carbons (Fsp3) is 0.222. The average Bonchev–Trinajstić information content (AvgIpc) is 3.12. The maximum absolute atomic E-state index is 13.1. The summed E-state index contributed by atoms with van der Waals surface area (Å²) in [5.41, 5.74) is 0.884. The second kappa shape index (κ2) is 5.88. The third-order valence-corrected chi connectivity index (χ3v) is 4.44. The smallest absolute Gasteiger partial charge is 0.275 e. The van der Waals surface area contributed by atoms with Crippen LogP contribution in [0.4, 0.5) is 0 Å². The number of aromatic amines is 1. The molecule has 0 aliphatic carbocycles. The van der Waals surface area contributed by atoms with Gasteiger partial charge in [-0.2, -0.15) is 5.10 Å². The van der Waals surface area contributed by atoms with Gasteiger partial charge in [0.05, 0.1) is 17.1 Å². The molecule has 24 heavy (non-hydrogen) atoms. The average molecular weight is 320 g/mol. The third-order valence-electron chi connectivity index (χ3n) is 4.44. The lowest BCUT2D eigenvalue weighted by atomic mass is 10.1. The van der Waals surface area contributed by atoms with E-state index in [-0.39, 0.29) is 23.2 Å². The molecule has 3 heterocycles. The highest BCUT2D eigenvalue weighted by atomic mass is 16.2. The van der Waals surface area contributed by atoms with E-state index in [1.807, 2.05) is 18.2 Å². The number of benzene rings is 1. The molecule has 1 aliphatic rings. The summed E-state index contributed by atoms with van der Waals surface area (Å²) in [6.07, 6.45) is 3.54. The number of carbonyl (C=O) groups is 1. The zero-order valence-electron chi connectivity index (χ0n) is 13.0. The van der Waals surface area contributed by atoms with Crippen molar-refractivity contribution in [1.82, 2.24) is 20.1 Å². The van der Waals surface area contributed by atoms with Gasteiger partial charge in [0.15, 0.2) is 5.69 Å². The van der Waals surface area contributed by atoms with Crippen LogP contribution in [0.1, 0.15) is 35.1 Å². The fourth-order valence-electron chi connectivity index (χ4n) is 3.30. The quantitative estimate of drug-likeness (QED) is 0.786. The summed E-state index contributed by atoms with van der Waals surface area (Å²) in [7, 11) is 0. The summed E-state index contributed by atoms with van der Waals surface area (Å²) in [4.78, 5) is 31.2. The van der Waals surface area contributed by atoms with Gasteiger partial charge in [-0.05, 0) is 31.0 Å². The van der Waals surface area contributed by atoms with Crippen molar-refractivity contribution >= 4 is 16.7 Å². The summed E-state index contributed by atoms with van der Waals surface area (Å²) in [5, 5.41) is 7.52. The number of carbonyl (C=O) groups excluding carboxylic acids is 1. The Bertz CT molecular complexity index is 952. The number of aromatic nitrogens is 3. The largest absolute Gasteiger partial charge is 0.329 e. The number of nitrogens with zero attached hydrogens (tertiary/aromatic N) is 3. The Kier molecular flexibility index (Phi) is 3.57. The van der Waals surface area contributed by atoms with E-state index in [2.05, 4.69) is 15.2 Å². The van der Waals surface area contributed by atoms with E-state index in [1.165, 1.54) is 0 Å². The van der Waals surface area contributed by atoms with Crippen molar-refractivity contribution in [2.45, 2.75) is 18.9 Å². The molecule has 6 nitrogen and oxygen atoms in total. The van der Waals surface area contributed by atoms with Crippen LogP contribution in [0.25, 0.3) is 10.8 Å². The number of hydrogen-bond donors (Lipinski definition) is 1. The first-order valence-corrected chi connectivity index (χ1v) is 7.95. The van der Waals surface area contributed by atoms with Gasteiger partial charge in [0, 0.05) is 18.1 Å². The standard InChI is InChI=1S/C18H16N4O2/c23-17-13-7-2-1-6-12(13)16(20-21-17)18(24)22-11-5-9-15(22)14-8-3-4-10-19-14/h1-4,6-8,10,15H,5,9,11H2,(H,21,23). The summed E-state index contributed by atoms with van der Waals surface area (Å²) in [5.74, 6) is -0.171. The Balaban J connectivity index is 1.76. The van der Waals surface area contributed by atoms with Gasteiger partial charge in [-0.25, -0.2) is 5.10 Å². The second-order valence-electron chi connectivity index (χ2n) is 5.86. The monoisotopic (exact) mass is 320 g/mol. The van der Waals surface area contributed by atoms with Gasteiger partial charge < -0.3 is 4.90 Å². The van der Waals surface area contributed by atoms with E-state index < -0.39 is 0 Å². The summed E-state index contributed by atoms with van der Waals surface area (Å²) >= 11 is 0. The van der Waals surface area contributed by atoms with Crippen molar-refractivity contribution in [3.63, 3.8) is 0 Å². The molecule has 1 amide bonds. The van der Waals surface area contributed by atoms with Crippen LogP contribution < -0.4 is 5.56 Å². The first-order chi connectivity index (χ1) is 11.8. The Morgan fingerprint density at radius 2 is 1.92 bits per heavy atom. The predicted octanol–water partition coefficient (Wildman–Crippen LogP) is 2.30. The van der Waals surface area contributed by atoms with E-state index >= 15 is 0 Å². The van der Waals surface area contributed by atoms with Gasteiger partial charge >= 0.3 is 0 Å². The molecule has 0 spiro atoms. The van der Waals surface area contributed by atoms with Crippen LogP contribution in [0.15, 0.2) is 53.5 Å². The molecule has 0 radical (unpaired) electrons. The first-order valence-electron chi connectivity index (χ1n) is 7.95. The highest BCUT2D eigenvalue weighted by molar-refractivity contribution is 6.04. The summed E-state index contributed by atoms with van der Waals surface area (Å²) in [6.45, 7) is 0.662. The molecule has 1 saturated heterocycles. The molecule has 4 rings (SSSR count). The highest BCUT2D eigenvalue weighted by Crippen LogP contribution is 2.32. The third kappa shape index (κ3) is 2.36. The molecule has 3 aromatic rings. The molecule has 2 aromatic heterocycles. The van der Waals surface area contributed by atoms with Gasteiger partial charge in [0.25, 0.3) is 11.5 Å². The Hall–Kier alpha value is -3.02. The molecule has 6 heteroatoms. The van der Waals surface area contributed by atoms with E-state index in [9.17, 15) is 9.59 Å². The van der Waals surface area contributed by atoms with Crippen LogP contribution in [-0.2, 0) is 0 Å². The molecule has 1 atom stereocenters. The van der Waals surface area contributed by atoms with E-state index in [0.29, 0.717) is 17.3 Å². The van der Waals surface area contributed by atoms with Gasteiger partial charge in [-0.15, -0.1) is 0 Å². The van der Waals surface area contributed by atoms with Crippen molar-refractivity contribution in [3.8, 4) is 0 Å². The number of rotatable bonds is 2. The number of nitrogens with one attached hydrogen (secondary N) is 1. The van der Waals surface area contributed by atoms with Crippen molar-refractivity contribution in [2.24, 2.45) is 0 Å². The van der Waals surface area contributed by atoms with Gasteiger partial charge in [-0.1, -0.05) is 24.3 Å². The summed E-state index contributed by atoms with van der Waals surface area (Å²) < 4.78 is 0. The minimum atomic E-state index is -0.287. The van der Waals surface area contributed by atoms with Crippen LogP contribution in [0.2, 0.25) is 0 Å². The number of hydrogen-bond acceptors (Lipinski definition) is 4. The zero-order chi connectivity index (χ0) is 16.5. The lowest BCUT2D eigenvalue weighted by Gasteiger charge is -2.24. The lowest BCUT2D eigenvalue weighted by Crippen LogP contribution is -2.32. The topological polar surface area (TPSA) is 79.0 Å². The molecule has 1 aliphatic heterocycles. The zero-order valence-corrected chi connectivity index (χ0v) is 13.0. The van der Waals surface area contributed by atoms with Crippen LogP contribution in [0, 0.1) is 0 Å². The SMILES string of the molecule is O=C(c1n[nH]c(=O)c2ccccc12)N1CCCC1c1ccccn1. The maximum Gasteiger partial charge on any atom is 0.275 e. The number of pyridine rings is 1. The highest BCUT2D eigenvalue weighted by Gasteiger charge is 2.33. The second-order valence-corrected chi connectivity index (χ2v) is 5.86. The number of likely N-dealkylation sites (tertiary alicyclic amines) is 1. The van der Waals surface area contributed by atoms with Gasteiger partial charge in [0.1, 0.15) is 0 Å². The molecule has 120 valence electrons. The molecule has 1 N–H and O–H groups in total. The van der Waals surface area contributed by atoms with Gasteiger partial charge in [0.2, 0.25) is 0 Å². The van der Waals surface area contributed by atoms with Crippen LogP contribution in [0.3, 0.4) is 0 Å². The minimum Gasteiger partial charge on any atom is -0.329 e. The Morgan fingerprint density at radius 3 is 2.71 bits per heavy atom. The van der Waals surface area contributed by atoms with Crippen LogP contribution in [-0.4, -0.2) is 32.5 Å². The number of fused-ring (bicyclic) bond motifs is 1. The fourth-order valence-corrected chi connectivity index (χ4v) is 3.30.